The minimum absolute atomic E-state index is 0.300. The van der Waals surface area contributed by atoms with E-state index in [2.05, 4.69) is 43.4 Å². The molecule has 2 N–H and O–H groups in total. The summed E-state index contributed by atoms with van der Waals surface area (Å²) in [7, 11) is 0. The van der Waals surface area contributed by atoms with Gasteiger partial charge in [-0.3, -0.25) is 0 Å². The number of aliphatic hydroxyl groups excluding tert-OH is 1. The van der Waals surface area contributed by atoms with Crippen molar-refractivity contribution in [2.45, 2.75) is 38.8 Å². The Morgan fingerprint density at radius 1 is 1.10 bits per heavy atom. The predicted octanol–water partition coefficient (Wildman–Crippen LogP) is 4.08. The zero-order chi connectivity index (χ0) is 14.4. The molecule has 0 spiro atoms. The van der Waals surface area contributed by atoms with Crippen LogP contribution >= 0.6 is 11.3 Å². The summed E-state index contributed by atoms with van der Waals surface area (Å²) in [4.78, 5) is 0. The molecule has 2 atom stereocenters. The molecule has 2 nitrogen and oxygen atoms in total. The lowest BCUT2D eigenvalue weighted by Gasteiger charge is -2.20. The molecule has 1 aromatic heterocycles. The smallest absolute Gasteiger partial charge is 0.0922 e. The van der Waals surface area contributed by atoms with E-state index in [0.29, 0.717) is 12.6 Å². The minimum atomic E-state index is -0.426. The Hall–Kier alpha value is -1.16. The zero-order valence-corrected chi connectivity index (χ0v) is 13.0. The highest BCUT2D eigenvalue weighted by atomic mass is 32.1. The molecule has 0 aliphatic heterocycles. The van der Waals surface area contributed by atoms with Gasteiger partial charge in [0.2, 0.25) is 0 Å². The molecule has 3 heteroatoms. The van der Waals surface area contributed by atoms with E-state index < -0.39 is 6.10 Å². The van der Waals surface area contributed by atoms with Crippen LogP contribution in [-0.2, 0) is 6.42 Å². The van der Waals surface area contributed by atoms with Crippen LogP contribution in [0.15, 0.2) is 41.1 Å². The number of benzene rings is 1. The topological polar surface area (TPSA) is 32.3 Å². The van der Waals surface area contributed by atoms with E-state index >= 15 is 0 Å². The zero-order valence-electron chi connectivity index (χ0n) is 12.2. The van der Waals surface area contributed by atoms with Gasteiger partial charge in [0.15, 0.2) is 0 Å². The first-order chi connectivity index (χ1) is 9.74. The molecule has 0 amide bonds. The van der Waals surface area contributed by atoms with Crippen LogP contribution in [0.2, 0.25) is 0 Å². The van der Waals surface area contributed by atoms with Gasteiger partial charge in [-0.25, -0.2) is 0 Å². The Balaban J connectivity index is 1.94. The molecular formula is C17H23NOS. The van der Waals surface area contributed by atoms with E-state index in [1.165, 1.54) is 11.1 Å². The summed E-state index contributed by atoms with van der Waals surface area (Å²) in [6, 6.07) is 11.0. The summed E-state index contributed by atoms with van der Waals surface area (Å²) < 4.78 is 0. The van der Waals surface area contributed by atoms with Crippen LogP contribution < -0.4 is 5.32 Å². The molecule has 0 aliphatic carbocycles. The van der Waals surface area contributed by atoms with Gasteiger partial charge in [-0.1, -0.05) is 38.1 Å². The second kappa shape index (κ2) is 7.58. The molecule has 0 saturated heterocycles. The Morgan fingerprint density at radius 3 is 2.40 bits per heavy atom. The van der Waals surface area contributed by atoms with Gasteiger partial charge in [0.25, 0.3) is 0 Å². The number of hydrogen-bond acceptors (Lipinski definition) is 3. The lowest BCUT2D eigenvalue weighted by molar-refractivity contribution is 0.170. The summed E-state index contributed by atoms with van der Waals surface area (Å²) in [5.74, 6) is 0. The fourth-order valence-corrected chi connectivity index (χ4v) is 3.03. The number of thiophene rings is 1. The van der Waals surface area contributed by atoms with E-state index in [4.69, 9.17) is 0 Å². The van der Waals surface area contributed by atoms with Crippen molar-refractivity contribution in [3.8, 4) is 0 Å². The minimum Gasteiger partial charge on any atom is -0.387 e. The summed E-state index contributed by atoms with van der Waals surface area (Å²) in [6.45, 7) is 4.93. The Bertz CT molecular complexity index is 492. The van der Waals surface area contributed by atoms with Crippen LogP contribution in [0.1, 0.15) is 49.1 Å². The van der Waals surface area contributed by atoms with Crippen LogP contribution in [0.4, 0.5) is 0 Å². The fourth-order valence-electron chi connectivity index (χ4n) is 2.32. The van der Waals surface area contributed by atoms with Crippen LogP contribution in [0.5, 0.6) is 0 Å². The number of rotatable bonds is 7. The fraction of sp³-hybridized carbons (Fsp3) is 0.412. The van der Waals surface area contributed by atoms with Gasteiger partial charge in [0.1, 0.15) is 0 Å². The molecule has 108 valence electrons. The lowest BCUT2D eigenvalue weighted by atomic mass is 10.0. The first-order valence-electron chi connectivity index (χ1n) is 7.27. The van der Waals surface area contributed by atoms with Gasteiger partial charge in [0.05, 0.1) is 6.10 Å². The molecule has 0 radical (unpaired) electrons. The lowest BCUT2D eigenvalue weighted by Crippen LogP contribution is -2.26. The van der Waals surface area contributed by atoms with E-state index in [1.807, 2.05) is 16.8 Å². The second-order valence-corrected chi connectivity index (χ2v) is 5.82. The average Bonchev–Trinajstić information content (AvgIpc) is 3.02. The van der Waals surface area contributed by atoms with Crippen molar-refractivity contribution in [3.05, 3.63) is 57.8 Å². The van der Waals surface area contributed by atoms with Crippen molar-refractivity contribution >= 4 is 11.3 Å². The molecule has 20 heavy (non-hydrogen) atoms. The van der Waals surface area contributed by atoms with E-state index in [0.717, 1.165) is 18.4 Å². The Labute approximate surface area is 125 Å². The van der Waals surface area contributed by atoms with Gasteiger partial charge in [-0.2, -0.15) is 11.3 Å². The standard InChI is InChI=1S/C17H23NOS/c1-3-13-5-7-14(8-6-13)16(4-2)18-11-17(19)15-9-10-20-12-15/h5-10,12,16-19H,3-4,11H2,1-2H3. The Morgan fingerprint density at radius 2 is 1.85 bits per heavy atom. The highest BCUT2D eigenvalue weighted by molar-refractivity contribution is 7.07. The maximum absolute atomic E-state index is 10.1. The predicted molar refractivity (Wildman–Crippen MR) is 86.1 cm³/mol. The third-order valence-corrected chi connectivity index (χ3v) is 4.39. The monoisotopic (exact) mass is 289 g/mol. The molecule has 2 rings (SSSR count). The van der Waals surface area contributed by atoms with Crippen molar-refractivity contribution in [2.75, 3.05) is 6.54 Å². The quantitative estimate of drug-likeness (QED) is 0.805. The molecule has 0 aliphatic rings. The van der Waals surface area contributed by atoms with E-state index in [1.54, 1.807) is 11.3 Å². The van der Waals surface area contributed by atoms with Crippen LogP contribution in [-0.4, -0.2) is 11.7 Å². The SMILES string of the molecule is CCc1ccc(C(CC)NCC(O)c2ccsc2)cc1. The van der Waals surface area contributed by atoms with Crippen LogP contribution in [0.25, 0.3) is 0 Å². The van der Waals surface area contributed by atoms with Crippen LogP contribution in [0, 0.1) is 0 Å². The average molecular weight is 289 g/mol. The summed E-state index contributed by atoms with van der Waals surface area (Å²) in [5.41, 5.74) is 3.66. The molecule has 0 fully saturated rings. The highest BCUT2D eigenvalue weighted by Crippen LogP contribution is 2.20. The summed E-state index contributed by atoms with van der Waals surface area (Å²) >= 11 is 1.62. The number of aliphatic hydroxyl groups is 1. The van der Waals surface area contributed by atoms with Gasteiger partial charge in [-0.15, -0.1) is 0 Å². The number of nitrogens with one attached hydrogen (secondary N) is 1. The molecule has 1 heterocycles. The Kier molecular flexibility index (Phi) is 5.77. The second-order valence-electron chi connectivity index (χ2n) is 5.04. The maximum Gasteiger partial charge on any atom is 0.0922 e. The van der Waals surface area contributed by atoms with E-state index in [9.17, 15) is 5.11 Å². The number of hydrogen-bond donors (Lipinski definition) is 2. The summed E-state index contributed by atoms with van der Waals surface area (Å²) in [5, 5.41) is 17.6. The van der Waals surface area contributed by atoms with Gasteiger partial charge >= 0.3 is 0 Å². The molecule has 1 aromatic carbocycles. The highest BCUT2D eigenvalue weighted by Gasteiger charge is 2.12. The summed E-state index contributed by atoms with van der Waals surface area (Å²) in [6.07, 6.45) is 1.66. The molecule has 0 bridgehead atoms. The third-order valence-electron chi connectivity index (χ3n) is 3.68. The number of aryl methyl sites for hydroxylation is 1. The van der Waals surface area contributed by atoms with Crippen LogP contribution in [0.3, 0.4) is 0 Å². The van der Waals surface area contributed by atoms with E-state index in [-0.39, 0.29) is 0 Å². The van der Waals surface area contributed by atoms with Gasteiger partial charge in [-0.05, 0) is 46.4 Å². The van der Waals surface area contributed by atoms with Crippen molar-refractivity contribution in [1.29, 1.82) is 0 Å². The van der Waals surface area contributed by atoms with Crippen molar-refractivity contribution in [3.63, 3.8) is 0 Å². The first kappa shape index (κ1) is 15.2. The van der Waals surface area contributed by atoms with Crippen molar-refractivity contribution in [2.24, 2.45) is 0 Å². The van der Waals surface area contributed by atoms with Crippen molar-refractivity contribution in [1.82, 2.24) is 5.32 Å². The normalized spacial score (nSPS) is 14.2. The first-order valence-corrected chi connectivity index (χ1v) is 8.21. The molecular weight excluding hydrogens is 266 g/mol. The molecule has 0 saturated carbocycles. The maximum atomic E-state index is 10.1. The molecule has 2 aromatic rings. The van der Waals surface area contributed by atoms with Gasteiger partial charge in [0, 0.05) is 12.6 Å². The molecule has 2 unspecified atom stereocenters. The van der Waals surface area contributed by atoms with Crippen molar-refractivity contribution < 1.29 is 5.11 Å². The largest absolute Gasteiger partial charge is 0.387 e. The third kappa shape index (κ3) is 3.92. The van der Waals surface area contributed by atoms with Gasteiger partial charge < -0.3 is 10.4 Å².